The van der Waals surface area contributed by atoms with E-state index < -0.39 is 0 Å². The first-order valence-corrected chi connectivity index (χ1v) is 5.99. The van der Waals surface area contributed by atoms with Gasteiger partial charge < -0.3 is 10.6 Å². The number of carbonyl (C=O) groups excluding carboxylic acids is 1. The zero-order valence-corrected chi connectivity index (χ0v) is 9.94. The van der Waals surface area contributed by atoms with Gasteiger partial charge in [0.2, 0.25) is 5.91 Å². The summed E-state index contributed by atoms with van der Waals surface area (Å²) in [6, 6.07) is -0.192. The lowest BCUT2D eigenvalue weighted by atomic mass is 10.0. The van der Waals surface area contributed by atoms with Crippen molar-refractivity contribution in [2.75, 3.05) is 13.1 Å². The number of hydrogen-bond donors (Lipinski definition) is 3. The predicted octanol–water partition coefficient (Wildman–Crippen LogP) is -0.233. The van der Waals surface area contributed by atoms with Gasteiger partial charge in [-0.1, -0.05) is 5.21 Å². The minimum atomic E-state index is -0.192. The van der Waals surface area contributed by atoms with Crippen LogP contribution in [0.25, 0.3) is 0 Å². The Labute approximate surface area is 99.7 Å². The van der Waals surface area contributed by atoms with Crippen LogP contribution in [0.4, 0.5) is 0 Å². The molecule has 7 heteroatoms. The Bertz CT molecular complexity index is 346. The molecular weight excluding hydrogens is 220 g/mol. The maximum absolute atomic E-state index is 11.7. The highest BCUT2D eigenvalue weighted by molar-refractivity contribution is 5.76. The second kappa shape index (κ2) is 5.72. The average molecular weight is 238 g/mol. The predicted molar refractivity (Wildman–Crippen MR) is 60.9 cm³/mol. The number of hydrogen-bond acceptors (Lipinski definition) is 5. The van der Waals surface area contributed by atoms with Gasteiger partial charge in [-0.3, -0.25) is 4.79 Å². The lowest BCUT2D eigenvalue weighted by Crippen LogP contribution is -2.27. The third-order valence-corrected chi connectivity index (χ3v) is 3.07. The lowest BCUT2D eigenvalue weighted by Gasteiger charge is -2.11. The molecule has 7 nitrogen and oxygen atoms in total. The number of amides is 1. The first-order valence-electron chi connectivity index (χ1n) is 5.99. The SMILES string of the molecule is CC(NC(=O)CCC1CCNC1)c1nn[nH]n1. The molecule has 1 aliphatic heterocycles. The largest absolute Gasteiger partial charge is 0.346 e. The van der Waals surface area contributed by atoms with E-state index in [0.29, 0.717) is 18.2 Å². The molecule has 0 bridgehead atoms. The number of aromatic nitrogens is 4. The zero-order valence-electron chi connectivity index (χ0n) is 9.94. The van der Waals surface area contributed by atoms with Crippen LogP contribution in [-0.2, 0) is 4.79 Å². The second-order valence-corrected chi connectivity index (χ2v) is 4.46. The minimum absolute atomic E-state index is 0.0502. The van der Waals surface area contributed by atoms with Crippen molar-refractivity contribution in [3.8, 4) is 0 Å². The topological polar surface area (TPSA) is 95.6 Å². The standard InChI is InChI=1S/C10H18N6O/c1-7(10-13-15-16-14-10)12-9(17)3-2-8-4-5-11-6-8/h7-8,11H,2-6H2,1H3,(H,12,17)(H,13,14,15,16). The Balaban J connectivity index is 1.69. The fourth-order valence-corrected chi connectivity index (χ4v) is 2.03. The van der Waals surface area contributed by atoms with Gasteiger partial charge in [-0.15, -0.1) is 10.2 Å². The molecule has 2 heterocycles. The third-order valence-electron chi connectivity index (χ3n) is 3.07. The summed E-state index contributed by atoms with van der Waals surface area (Å²) in [5, 5.41) is 19.7. The number of aromatic amines is 1. The summed E-state index contributed by atoms with van der Waals surface area (Å²) in [5.41, 5.74) is 0. The van der Waals surface area contributed by atoms with Gasteiger partial charge in [-0.25, -0.2) is 0 Å². The van der Waals surface area contributed by atoms with E-state index in [1.165, 1.54) is 6.42 Å². The van der Waals surface area contributed by atoms with Crippen LogP contribution in [0.2, 0.25) is 0 Å². The molecule has 1 fully saturated rings. The normalized spacial score (nSPS) is 21.4. The summed E-state index contributed by atoms with van der Waals surface area (Å²) in [6.07, 6.45) is 2.68. The molecule has 94 valence electrons. The van der Waals surface area contributed by atoms with E-state index in [2.05, 4.69) is 31.3 Å². The second-order valence-electron chi connectivity index (χ2n) is 4.46. The summed E-state index contributed by atoms with van der Waals surface area (Å²) in [6.45, 7) is 3.96. The van der Waals surface area contributed by atoms with Crippen molar-refractivity contribution >= 4 is 5.91 Å². The van der Waals surface area contributed by atoms with E-state index in [0.717, 1.165) is 19.5 Å². The number of carbonyl (C=O) groups is 1. The monoisotopic (exact) mass is 238 g/mol. The number of tetrazole rings is 1. The van der Waals surface area contributed by atoms with Crippen LogP contribution >= 0.6 is 0 Å². The fraction of sp³-hybridized carbons (Fsp3) is 0.800. The summed E-state index contributed by atoms with van der Waals surface area (Å²) in [5.74, 6) is 1.20. The number of H-pyrrole nitrogens is 1. The van der Waals surface area contributed by atoms with Gasteiger partial charge >= 0.3 is 0 Å². The first kappa shape index (κ1) is 12.0. The van der Waals surface area contributed by atoms with Crippen molar-refractivity contribution in [3.05, 3.63) is 5.82 Å². The quantitative estimate of drug-likeness (QED) is 0.658. The van der Waals surface area contributed by atoms with E-state index in [1.54, 1.807) is 0 Å². The van der Waals surface area contributed by atoms with Crippen LogP contribution in [0.5, 0.6) is 0 Å². The minimum Gasteiger partial charge on any atom is -0.346 e. The summed E-state index contributed by atoms with van der Waals surface area (Å²) < 4.78 is 0. The number of rotatable bonds is 5. The molecule has 2 unspecified atom stereocenters. The highest BCUT2D eigenvalue weighted by atomic mass is 16.1. The maximum Gasteiger partial charge on any atom is 0.220 e. The third kappa shape index (κ3) is 3.48. The Morgan fingerprint density at radius 2 is 2.53 bits per heavy atom. The van der Waals surface area contributed by atoms with Crippen molar-refractivity contribution in [2.45, 2.75) is 32.2 Å². The molecular formula is C10H18N6O. The van der Waals surface area contributed by atoms with Gasteiger partial charge in [0.25, 0.3) is 0 Å². The van der Waals surface area contributed by atoms with E-state index >= 15 is 0 Å². The molecule has 0 aliphatic carbocycles. The van der Waals surface area contributed by atoms with Crippen molar-refractivity contribution in [1.29, 1.82) is 0 Å². The maximum atomic E-state index is 11.7. The van der Waals surface area contributed by atoms with Crippen molar-refractivity contribution < 1.29 is 4.79 Å². The van der Waals surface area contributed by atoms with Crippen molar-refractivity contribution in [2.24, 2.45) is 5.92 Å². The van der Waals surface area contributed by atoms with Crippen LogP contribution in [-0.4, -0.2) is 39.6 Å². The molecule has 3 N–H and O–H groups in total. The van der Waals surface area contributed by atoms with E-state index in [4.69, 9.17) is 0 Å². The Morgan fingerprint density at radius 3 is 3.18 bits per heavy atom. The van der Waals surface area contributed by atoms with Gasteiger partial charge in [-0.2, -0.15) is 5.21 Å². The van der Waals surface area contributed by atoms with E-state index in [9.17, 15) is 4.79 Å². The van der Waals surface area contributed by atoms with Crippen molar-refractivity contribution in [3.63, 3.8) is 0 Å². The molecule has 17 heavy (non-hydrogen) atoms. The highest BCUT2D eigenvalue weighted by Gasteiger charge is 2.17. The molecule has 2 rings (SSSR count). The van der Waals surface area contributed by atoms with Crippen LogP contribution in [0.15, 0.2) is 0 Å². The smallest absolute Gasteiger partial charge is 0.220 e. The molecule has 0 spiro atoms. The van der Waals surface area contributed by atoms with Gasteiger partial charge in [0.1, 0.15) is 0 Å². The Morgan fingerprint density at radius 1 is 1.65 bits per heavy atom. The van der Waals surface area contributed by atoms with Gasteiger partial charge in [0.05, 0.1) is 6.04 Å². The molecule has 1 aliphatic rings. The Kier molecular flexibility index (Phi) is 4.03. The summed E-state index contributed by atoms with van der Waals surface area (Å²) in [7, 11) is 0. The summed E-state index contributed by atoms with van der Waals surface area (Å²) in [4.78, 5) is 11.7. The molecule has 1 aromatic rings. The number of nitrogens with one attached hydrogen (secondary N) is 3. The summed E-state index contributed by atoms with van der Waals surface area (Å²) >= 11 is 0. The molecule has 0 radical (unpaired) electrons. The van der Waals surface area contributed by atoms with Crippen LogP contribution in [0.3, 0.4) is 0 Å². The molecule has 0 saturated carbocycles. The molecule has 1 aromatic heterocycles. The zero-order chi connectivity index (χ0) is 12.1. The van der Waals surface area contributed by atoms with Crippen LogP contribution in [0, 0.1) is 5.92 Å². The van der Waals surface area contributed by atoms with Crippen LogP contribution in [0.1, 0.15) is 38.1 Å². The van der Waals surface area contributed by atoms with Crippen molar-refractivity contribution in [1.82, 2.24) is 31.3 Å². The Hall–Kier alpha value is -1.50. The average Bonchev–Trinajstić information content (AvgIpc) is 2.99. The van der Waals surface area contributed by atoms with Gasteiger partial charge in [0.15, 0.2) is 5.82 Å². The fourth-order valence-electron chi connectivity index (χ4n) is 2.03. The lowest BCUT2D eigenvalue weighted by molar-refractivity contribution is -0.122. The van der Waals surface area contributed by atoms with Crippen LogP contribution < -0.4 is 10.6 Å². The number of nitrogens with zero attached hydrogens (tertiary/aromatic N) is 3. The molecule has 2 atom stereocenters. The molecule has 0 aromatic carbocycles. The molecule has 1 saturated heterocycles. The van der Waals surface area contributed by atoms with E-state index in [1.807, 2.05) is 6.92 Å². The molecule has 1 amide bonds. The van der Waals surface area contributed by atoms with Gasteiger partial charge in [0, 0.05) is 6.42 Å². The van der Waals surface area contributed by atoms with E-state index in [-0.39, 0.29) is 11.9 Å². The highest BCUT2D eigenvalue weighted by Crippen LogP contribution is 2.14. The first-order chi connectivity index (χ1) is 8.25. The van der Waals surface area contributed by atoms with Gasteiger partial charge in [-0.05, 0) is 38.8 Å².